The van der Waals surface area contributed by atoms with Crippen LogP contribution in [-0.4, -0.2) is 29.8 Å². The average molecular weight is 379 g/mol. The molecule has 0 unspecified atom stereocenters. The minimum absolute atomic E-state index is 0.350. The maximum absolute atomic E-state index is 12.2. The van der Waals surface area contributed by atoms with Crippen LogP contribution in [0.1, 0.15) is 30.9 Å². The monoisotopic (exact) mass is 379 g/mol. The maximum Gasteiger partial charge on any atom is 0.430 e. The van der Waals surface area contributed by atoms with Gasteiger partial charge in [0.15, 0.2) is 0 Å². The van der Waals surface area contributed by atoms with Crippen LogP contribution in [0.5, 0.6) is 0 Å². The largest absolute Gasteiger partial charge is 0.430 e. The molecule has 6 nitrogen and oxygen atoms in total. The van der Waals surface area contributed by atoms with Crippen LogP contribution in [0.2, 0.25) is 0 Å². The molecule has 0 saturated carbocycles. The highest BCUT2D eigenvalue weighted by molar-refractivity contribution is 5.84. The van der Waals surface area contributed by atoms with Gasteiger partial charge in [-0.2, -0.15) is 0 Å². The minimum Gasteiger partial charge on any atom is -0.351 e. The quantitative estimate of drug-likeness (QED) is 0.837. The van der Waals surface area contributed by atoms with E-state index in [4.69, 9.17) is 9.68 Å². The van der Waals surface area contributed by atoms with E-state index in [0.717, 1.165) is 36.2 Å². The van der Waals surface area contributed by atoms with Crippen LogP contribution in [0.4, 0.5) is 10.5 Å². The predicted molar refractivity (Wildman–Crippen MR) is 108 cm³/mol. The van der Waals surface area contributed by atoms with Gasteiger partial charge in [0.05, 0.1) is 5.70 Å². The van der Waals surface area contributed by atoms with Crippen molar-refractivity contribution in [2.24, 2.45) is 0 Å². The van der Waals surface area contributed by atoms with Gasteiger partial charge in [0.1, 0.15) is 5.60 Å². The van der Waals surface area contributed by atoms with Gasteiger partial charge in [-0.25, -0.2) is 4.79 Å². The Kier molecular flexibility index (Phi) is 5.32. The number of aryl methyl sites for hydroxylation is 1. The van der Waals surface area contributed by atoms with Gasteiger partial charge in [-0.1, -0.05) is 49.4 Å². The number of carbonyl (C=O) groups excluding carboxylic acids is 1. The maximum atomic E-state index is 12.2. The molecule has 0 radical (unpaired) electrons. The summed E-state index contributed by atoms with van der Waals surface area (Å²) in [6.45, 7) is 3.33. The topological polar surface area (TPSA) is 62.8 Å². The number of piperidine rings is 1. The summed E-state index contributed by atoms with van der Waals surface area (Å²) in [6.07, 6.45) is 4.14. The zero-order chi connectivity index (χ0) is 19.4. The fourth-order valence-electron chi connectivity index (χ4n) is 3.52. The van der Waals surface area contributed by atoms with E-state index in [0.29, 0.717) is 13.1 Å². The Labute approximate surface area is 165 Å². The lowest BCUT2D eigenvalue weighted by atomic mass is 9.91. The van der Waals surface area contributed by atoms with Crippen molar-refractivity contribution in [2.75, 3.05) is 18.4 Å². The summed E-state index contributed by atoms with van der Waals surface area (Å²) in [6, 6.07) is 17.9. The lowest BCUT2D eigenvalue weighted by molar-refractivity contribution is -0.153. The van der Waals surface area contributed by atoms with E-state index in [9.17, 15) is 4.79 Å². The summed E-state index contributed by atoms with van der Waals surface area (Å²) < 4.78 is 0. The molecule has 1 spiro atoms. The van der Waals surface area contributed by atoms with E-state index >= 15 is 0 Å². The third-order valence-corrected chi connectivity index (χ3v) is 5.25. The highest BCUT2D eigenvalue weighted by Crippen LogP contribution is 2.34. The second-order valence-corrected chi connectivity index (χ2v) is 7.18. The molecule has 0 aromatic heterocycles. The van der Waals surface area contributed by atoms with Crippen molar-refractivity contribution < 1.29 is 14.5 Å². The van der Waals surface area contributed by atoms with E-state index in [1.807, 2.05) is 42.5 Å². The molecule has 2 aromatic rings. The number of anilines is 1. The molecule has 2 N–H and O–H groups in total. The Balaban J connectivity index is 1.29. The summed E-state index contributed by atoms with van der Waals surface area (Å²) >= 11 is 0. The van der Waals surface area contributed by atoms with Crippen LogP contribution >= 0.6 is 0 Å². The highest BCUT2D eigenvalue weighted by Gasteiger charge is 2.39. The molecule has 2 heterocycles. The van der Waals surface area contributed by atoms with Gasteiger partial charge in [0, 0.05) is 18.8 Å². The molecule has 0 aliphatic carbocycles. The fourth-order valence-corrected chi connectivity index (χ4v) is 3.52. The van der Waals surface area contributed by atoms with Crippen molar-refractivity contribution in [3.05, 3.63) is 71.8 Å². The Bertz CT molecular complexity index is 841. The molecule has 1 saturated heterocycles. The van der Waals surface area contributed by atoms with Crippen LogP contribution in [0.3, 0.4) is 0 Å². The Hall–Kier alpha value is -2.83. The number of amides is 1. The predicted octanol–water partition coefficient (Wildman–Crippen LogP) is 4.12. The summed E-state index contributed by atoms with van der Waals surface area (Å²) in [5.74, 6) is 0. The molecule has 1 amide bonds. The number of benzene rings is 2. The lowest BCUT2D eigenvalue weighted by Gasteiger charge is -2.35. The van der Waals surface area contributed by atoms with Gasteiger partial charge in [-0.3, -0.25) is 15.6 Å². The van der Waals surface area contributed by atoms with E-state index < -0.39 is 6.09 Å². The van der Waals surface area contributed by atoms with Crippen molar-refractivity contribution in [2.45, 2.75) is 31.8 Å². The van der Waals surface area contributed by atoms with Crippen molar-refractivity contribution in [3.63, 3.8) is 0 Å². The Morgan fingerprint density at radius 2 is 1.86 bits per heavy atom. The molecule has 2 aliphatic heterocycles. The van der Waals surface area contributed by atoms with E-state index in [1.165, 1.54) is 5.56 Å². The number of carbonyl (C=O) groups is 1. The SMILES string of the molecule is CCc1ccc(NC(=O)ON2CCC3(C=C(c4ccccc4)NO3)CC2)cc1. The molecule has 28 heavy (non-hydrogen) atoms. The van der Waals surface area contributed by atoms with Crippen LogP contribution < -0.4 is 10.8 Å². The number of rotatable bonds is 4. The summed E-state index contributed by atoms with van der Waals surface area (Å²) in [5.41, 5.74) is 6.76. The van der Waals surface area contributed by atoms with Crippen LogP contribution in [-0.2, 0) is 16.1 Å². The van der Waals surface area contributed by atoms with E-state index in [2.05, 4.69) is 35.9 Å². The van der Waals surface area contributed by atoms with Crippen molar-refractivity contribution in [1.29, 1.82) is 0 Å². The summed E-state index contributed by atoms with van der Waals surface area (Å²) in [7, 11) is 0. The molecule has 0 bridgehead atoms. The third-order valence-electron chi connectivity index (χ3n) is 5.25. The van der Waals surface area contributed by atoms with Gasteiger partial charge >= 0.3 is 6.09 Å². The normalized spacial score (nSPS) is 18.4. The molecule has 146 valence electrons. The number of hydrogen-bond donors (Lipinski definition) is 2. The standard InChI is InChI=1S/C22H25N3O3/c1-2-17-8-10-19(11-9-17)23-21(26)27-25-14-12-22(13-15-25)16-20(24-28-22)18-6-4-3-5-7-18/h3-11,16,24H,2,12-15H2,1H3,(H,23,26). The first-order valence-corrected chi connectivity index (χ1v) is 9.71. The first-order valence-electron chi connectivity index (χ1n) is 9.71. The zero-order valence-electron chi connectivity index (χ0n) is 16.0. The Morgan fingerprint density at radius 3 is 2.54 bits per heavy atom. The van der Waals surface area contributed by atoms with Gasteiger partial charge in [0.2, 0.25) is 0 Å². The van der Waals surface area contributed by atoms with Gasteiger partial charge in [-0.15, -0.1) is 5.06 Å². The average Bonchev–Trinajstić information content (AvgIpc) is 3.15. The molecule has 4 rings (SSSR count). The molecule has 2 aliphatic rings. The first kappa shape index (κ1) is 18.5. The van der Waals surface area contributed by atoms with Crippen molar-refractivity contribution in [3.8, 4) is 0 Å². The first-order chi connectivity index (χ1) is 13.7. The van der Waals surface area contributed by atoms with Crippen LogP contribution in [0.15, 0.2) is 60.7 Å². The molecule has 0 atom stereocenters. The molecule has 2 aromatic carbocycles. The van der Waals surface area contributed by atoms with Crippen molar-refractivity contribution in [1.82, 2.24) is 10.5 Å². The molecular formula is C22H25N3O3. The lowest BCUT2D eigenvalue weighted by Crippen LogP contribution is -2.45. The third kappa shape index (κ3) is 4.18. The smallest absolute Gasteiger partial charge is 0.351 e. The van der Waals surface area contributed by atoms with E-state index in [1.54, 1.807) is 5.06 Å². The number of hydroxylamine groups is 3. The zero-order valence-corrected chi connectivity index (χ0v) is 16.0. The van der Waals surface area contributed by atoms with Crippen LogP contribution in [0, 0.1) is 0 Å². The van der Waals surface area contributed by atoms with E-state index in [-0.39, 0.29) is 5.60 Å². The fraction of sp³-hybridized carbons (Fsp3) is 0.318. The highest BCUT2D eigenvalue weighted by atomic mass is 16.7. The molecule has 1 fully saturated rings. The van der Waals surface area contributed by atoms with Crippen LogP contribution in [0.25, 0.3) is 5.70 Å². The van der Waals surface area contributed by atoms with Gasteiger partial charge < -0.3 is 4.84 Å². The number of hydrogen-bond acceptors (Lipinski definition) is 5. The van der Waals surface area contributed by atoms with Gasteiger partial charge in [-0.05, 0) is 48.6 Å². The second-order valence-electron chi connectivity index (χ2n) is 7.18. The minimum atomic E-state index is -0.466. The Morgan fingerprint density at radius 1 is 1.14 bits per heavy atom. The second kappa shape index (κ2) is 8.04. The molecular weight excluding hydrogens is 354 g/mol. The molecule has 6 heteroatoms. The number of nitrogens with zero attached hydrogens (tertiary/aromatic N) is 1. The summed E-state index contributed by atoms with van der Waals surface area (Å²) in [4.78, 5) is 23.5. The van der Waals surface area contributed by atoms with Crippen molar-refractivity contribution >= 4 is 17.5 Å². The van der Waals surface area contributed by atoms with Gasteiger partial charge in [0.25, 0.3) is 0 Å². The summed E-state index contributed by atoms with van der Waals surface area (Å²) in [5, 5.41) is 4.46. The number of nitrogens with one attached hydrogen (secondary N) is 2.